The molecule has 7 nitrogen and oxygen atoms in total. The maximum atomic E-state index is 12.5. The van der Waals surface area contributed by atoms with Crippen LogP contribution >= 0.6 is 0 Å². The summed E-state index contributed by atoms with van der Waals surface area (Å²) in [6, 6.07) is 10.6. The Morgan fingerprint density at radius 1 is 1.27 bits per heavy atom. The molecule has 134 valence electrons. The first kappa shape index (κ1) is 17.5. The summed E-state index contributed by atoms with van der Waals surface area (Å²) in [5.41, 5.74) is 1.81. The molecule has 0 saturated carbocycles. The molecule has 0 radical (unpaired) electrons. The lowest BCUT2D eigenvalue weighted by Crippen LogP contribution is -2.38. The Hall–Kier alpha value is -3.35. The number of hydrogen-bond acceptors (Lipinski definition) is 4. The molecule has 2 N–H and O–H groups in total. The van der Waals surface area contributed by atoms with E-state index in [1.165, 1.54) is 0 Å². The first-order chi connectivity index (χ1) is 12.7. The Balaban J connectivity index is 1.77. The topological polar surface area (TPSA) is 81.1 Å². The van der Waals surface area contributed by atoms with Crippen molar-refractivity contribution < 1.29 is 9.53 Å². The van der Waals surface area contributed by atoms with E-state index in [0.29, 0.717) is 6.54 Å². The standard InChI is InChI=1S/C19H21N5O2/c1-24-10-9-21-18(24)17(15-6-3-7-16(11-15)26-2)23-19(25)22-13-14-5-4-8-20-12-14/h3-12,17H,13H2,1-2H3,(H2,22,23,25). The lowest BCUT2D eigenvalue weighted by Gasteiger charge is -2.20. The molecule has 2 heterocycles. The molecule has 26 heavy (non-hydrogen) atoms. The first-order valence-electron chi connectivity index (χ1n) is 8.22. The van der Waals surface area contributed by atoms with E-state index in [9.17, 15) is 4.79 Å². The minimum absolute atomic E-state index is 0.287. The number of pyridine rings is 1. The Bertz CT molecular complexity index is 863. The molecule has 0 spiro atoms. The highest BCUT2D eigenvalue weighted by molar-refractivity contribution is 5.74. The van der Waals surface area contributed by atoms with E-state index in [0.717, 1.165) is 22.7 Å². The normalized spacial score (nSPS) is 11.6. The van der Waals surface area contributed by atoms with Crippen LogP contribution in [0.15, 0.2) is 61.2 Å². The van der Waals surface area contributed by atoms with Crippen molar-refractivity contribution in [2.75, 3.05) is 7.11 Å². The molecule has 7 heteroatoms. The van der Waals surface area contributed by atoms with Crippen LogP contribution in [0.5, 0.6) is 5.75 Å². The molecular weight excluding hydrogens is 330 g/mol. The van der Waals surface area contributed by atoms with Gasteiger partial charge in [0.2, 0.25) is 0 Å². The van der Waals surface area contributed by atoms with Gasteiger partial charge in [-0.25, -0.2) is 9.78 Å². The number of rotatable bonds is 6. The largest absolute Gasteiger partial charge is 0.497 e. The molecule has 2 aromatic heterocycles. The SMILES string of the molecule is COc1cccc(C(NC(=O)NCc2cccnc2)c2nccn2C)c1. The summed E-state index contributed by atoms with van der Waals surface area (Å²) in [6.45, 7) is 0.394. The van der Waals surface area contributed by atoms with Crippen molar-refractivity contribution >= 4 is 6.03 Å². The Labute approximate surface area is 152 Å². The molecule has 1 atom stereocenters. The highest BCUT2D eigenvalue weighted by Gasteiger charge is 2.21. The van der Waals surface area contributed by atoms with Crippen LogP contribution in [0.3, 0.4) is 0 Å². The quantitative estimate of drug-likeness (QED) is 0.715. The van der Waals surface area contributed by atoms with E-state index < -0.39 is 6.04 Å². The van der Waals surface area contributed by atoms with Crippen LogP contribution < -0.4 is 15.4 Å². The zero-order chi connectivity index (χ0) is 18.4. The molecule has 3 aromatic rings. The zero-order valence-electron chi connectivity index (χ0n) is 14.7. The van der Waals surface area contributed by atoms with Gasteiger partial charge in [0.25, 0.3) is 0 Å². The van der Waals surface area contributed by atoms with Crippen molar-refractivity contribution in [3.05, 3.63) is 78.1 Å². The first-order valence-corrected chi connectivity index (χ1v) is 8.22. The Morgan fingerprint density at radius 3 is 2.85 bits per heavy atom. The molecule has 0 fully saturated rings. The number of ether oxygens (including phenoxy) is 1. The fourth-order valence-electron chi connectivity index (χ4n) is 2.64. The van der Waals surface area contributed by atoms with Crippen molar-refractivity contribution in [1.82, 2.24) is 25.2 Å². The number of urea groups is 1. The van der Waals surface area contributed by atoms with Crippen LogP contribution in [0, 0.1) is 0 Å². The molecule has 0 aliphatic heterocycles. The molecule has 0 aliphatic rings. The van der Waals surface area contributed by atoms with Gasteiger partial charge in [-0.2, -0.15) is 0 Å². The van der Waals surface area contributed by atoms with Crippen LogP contribution in [0.2, 0.25) is 0 Å². The number of carbonyl (C=O) groups excluding carboxylic acids is 1. The monoisotopic (exact) mass is 351 g/mol. The second kappa shape index (κ2) is 8.15. The number of methoxy groups -OCH3 is 1. The molecule has 3 rings (SSSR count). The Morgan fingerprint density at radius 2 is 2.15 bits per heavy atom. The highest BCUT2D eigenvalue weighted by atomic mass is 16.5. The van der Waals surface area contributed by atoms with Crippen molar-refractivity contribution in [2.45, 2.75) is 12.6 Å². The van der Waals surface area contributed by atoms with Crippen LogP contribution in [0.1, 0.15) is 23.0 Å². The van der Waals surface area contributed by atoms with Gasteiger partial charge >= 0.3 is 6.03 Å². The van der Waals surface area contributed by atoms with Crippen molar-refractivity contribution in [2.24, 2.45) is 7.05 Å². The van der Waals surface area contributed by atoms with Gasteiger partial charge in [-0.05, 0) is 29.3 Å². The van der Waals surface area contributed by atoms with Gasteiger partial charge in [0.15, 0.2) is 0 Å². The number of nitrogens with zero attached hydrogens (tertiary/aromatic N) is 3. The third-order valence-corrected chi connectivity index (χ3v) is 4.00. The second-order valence-corrected chi connectivity index (χ2v) is 5.79. The number of aryl methyl sites for hydroxylation is 1. The highest BCUT2D eigenvalue weighted by Crippen LogP contribution is 2.24. The number of imidazole rings is 1. The van der Waals surface area contributed by atoms with E-state index in [1.54, 1.807) is 25.7 Å². The van der Waals surface area contributed by atoms with Crippen LogP contribution in [-0.2, 0) is 13.6 Å². The van der Waals surface area contributed by atoms with Crippen molar-refractivity contribution in [3.8, 4) is 5.75 Å². The molecule has 2 amide bonds. The number of carbonyl (C=O) groups is 1. The fourth-order valence-corrected chi connectivity index (χ4v) is 2.64. The number of aromatic nitrogens is 3. The van der Waals surface area contributed by atoms with E-state index >= 15 is 0 Å². The minimum Gasteiger partial charge on any atom is -0.497 e. The maximum absolute atomic E-state index is 12.5. The number of nitrogens with one attached hydrogen (secondary N) is 2. The fraction of sp³-hybridized carbons (Fsp3) is 0.211. The van der Waals surface area contributed by atoms with Crippen LogP contribution in [0.25, 0.3) is 0 Å². The van der Waals surface area contributed by atoms with E-state index in [-0.39, 0.29) is 6.03 Å². The predicted octanol–water partition coefficient (Wildman–Crippen LogP) is 2.41. The molecule has 0 saturated heterocycles. The maximum Gasteiger partial charge on any atom is 0.315 e. The summed E-state index contributed by atoms with van der Waals surface area (Å²) in [4.78, 5) is 20.9. The average molecular weight is 351 g/mol. The summed E-state index contributed by atoms with van der Waals surface area (Å²) in [6.07, 6.45) is 6.97. The summed E-state index contributed by atoms with van der Waals surface area (Å²) >= 11 is 0. The van der Waals surface area contributed by atoms with Gasteiger partial charge in [0, 0.05) is 38.4 Å². The van der Waals surface area contributed by atoms with Crippen LogP contribution in [-0.4, -0.2) is 27.7 Å². The van der Waals surface area contributed by atoms with Gasteiger partial charge in [-0.15, -0.1) is 0 Å². The second-order valence-electron chi connectivity index (χ2n) is 5.79. The predicted molar refractivity (Wildman–Crippen MR) is 97.7 cm³/mol. The van der Waals surface area contributed by atoms with Gasteiger partial charge in [0.05, 0.1) is 7.11 Å². The number of hydrogen-bond donors (Lipinski definition) is 2. The van der Waals surface area contributed by atoms with Gasteiger partial charge in [0.1, 0.15) is 17.6 Å². The van der Waals surface area contributed by atoms with Crippen molar-refractivity contribution in [3.63, 3.8) is 0 Å². The summed E-state index contributed by atoms with van der Waals surface area (Å²) in [7, 11) is 3.51. The summed E-state index contributed by atoms with van der Waals surface area (Å²) < 4.78 is 7.18. The minimum atomic E-state index is -0.404. The van der Waals surface area contributed by atoms with Crippen LogP contribution in [0.4, 0.5) is 4.79 Å². The molecular formula is C19H21N5O2. The third-order valence-electron chi connectivity index (χ3n) is 4.00. The molecule has 1 unspecified atom stereocenters. The number of amides is 2. The van der Waals surface area contributed by atoms with Gasteiger partial charge in [-0.1, -0.05) is 18.2 Å². The summed E-state index contributed by atoms with van der Waals surface area (Å²) in [5, 5.41) is 5.84. The van der Waals surface area contributed by atoms with Gasteiger partial charge in [-0.3, -0.25) is 4.98 Å². The lowest BCUT2D eigenvalue weighted by molar-refractivity contribution is 0.237. The zero-order valence-corrected chi connectivity index (χ0v) is 14.7. The van der Waals surface area contributed by atoms with Crippen molar-refractivity contribution in [1.29, 1.82) is 0 Å². The molecule has 0 bridgehead atoms. The van der Waals surface area contributed by atoms with Gasteiger partial charge < -0.3 is 19.9 Å². The molecule has 0 aliphatic carbocycles. The van der Waals surface area contributed by atoms with E-state index in [1.807, 2.05) is 54.2 Å². The molecule has 1 aromatic carbocycles. The average Bonchev–Trinajstić information content (AvgIpc) is 3.11. The summed E-state index contributed by atoms with van der Waals surface area (Å²) in [5.74, 6) is 1.45. The van der Waals surface area contributed by atoms with E-state index in [4.69, 9.17) is 4.74 Å². The Kier molecular flexibility index (Phi) is 5.48. The number of benzene rings is 1. The smallest absolute Gasteiger partial charge is 0.315 e. The lowest BCUT2D eigenvalue weighted by atomic mass is 10.1. The third kappa shape index (κ3) is 4.18. The van der Waals surface area contributed by atoms with E-state index in [2.05, 4.69) is 20.6 Å².